The van der Waals surface area contributed by atoms with Crippen molar-refractivity contribution in [1.82, 2.24) is 0 Å². The van der Waals surface area contributed by atoms with Gasteiger partial charge in [-0.05, 0) is 215 Å². The second kappa shape index (κ2) is 28.5. The van der Waals surface area contributed by atoms with Gasteiger partial charge in [0.1, 0.15) is 34.2 Å². The molecule has 16 aromatic carbocycles. The molecule has 8 heteroatoms. The first-order chi connectivity index (χ1) is 60.5. The summed E-state index contributed by atoms with van der Waals surface area (Å²) in [7, 11) is 0. The highest BCUT2D eigenvalue weighted by Gasteiger charge is 2.52. The highest BCUT2D eigenvalue weighted by molar-refractivity contribution is 7.25. The number of hydrogen-bond acceptors (Lipinski definition) is 8. The molecule has 0 radical (unpaired) electrons. The lowest BCUT2D eigenvalue weighted by Crippen LogP contribution is -2.23. The van der Waals surface area contributed by atoms with Crippen LogP contribution in [0.1, 0.15) is 99.9 Å². The molecule has 0 spiro atoms. The van der Waals surface area contributed by atoms with Crippen molar-refractivity contribution >= 4 is 122 Å². The molecule has 7 nitrogen and oxygen atoms in total. The number of rotatable bonds is 14. The van der Waals surface area contributed by atoms with Crippen LogP contribution in [0.15, 0.2) is 401 Å². The van der Waals surface area contributed by atoms with Gasteiger partial charge in [0.15, 0.2) is 0 Å². The molecule has 0 bridgehead atoms. The molecule has 20 aromatic rings. The number of nitrogens with zero attached hydrogens (tertiary/aromatic N) is 4. The fourth-order valence-corrected chi connectivity index (χ4v) is 22.0. The summed E-state index contributed by atoms with van der Waals surface area (Å²) in [5.41, 5.74) is 33.6. The molecule has 0 unspecified atom stereocenters. The van der Waals surface area contributed by atoms with Gasteiger partial charge < -0.3 is 32.9 Å². The van der Waals surface area contributed by atoms with Crippen LogP contribution in [0.4, 0.5) is 68.2 Å². The van der Waals surface area contributed by atoms with E-state index in [0.717, 1.165) is 124 Å². The van der Waals surface area contributed by atoms with E-state index in [1.807, 2.05) is 23.5 Å². The Hall–Kier alpha value is -14.7. The van der Waals surface area contributed by atoms with E-state index in [1.165, 1.54) is 98.1 Å². The Morgan fingerprint density at radius 3 is 0.895 bits per heavy atom. The maximum absolute atomic E-state index is 7.16. The van der Waals surface area contributed by atoms with E-state index < -0.39 is 0 Å². The zero-order valence-corrected chi connectivity index (χ0v) is 71.2. The molecule has 0 N–H and O–H groups in total. The molecule has 0 saturated heterocycles. The number of fused-ring (bicyclic) bond motifs is 20. The van der Waals surface area contributed by atoms with Gasteiger partial charge in [-0.15, -0.1) is 11.3 Å². The zero-order chi connectivity index (χ0) is 83.5. The summed E-state index contributed by atoms with van der Waals surface area (Å²) in [6.07, 6.45) is 0. The zero-order valence-electron chi connectivity index (χ0n) is 70.4. The molecule has 4 aliphatic carbocycles. The second-order valence-corrected chi connectivity index (χ2v) is 36.5. The Morgan fingerprint density at radius 2 is 0.492 bits per heavy atom. The van der Waals surface area contributed by atoms with Gasteiger partial charge in [-0.25, -0.2) is 0 Å². The Morgan fingerprint density at radius 1 is 0.202 bits per heavy atom. The maximum atomic E-state index is 7.16. The lowest BCUT2D eigenvalue weighted by Gasteiger charge is -2.31. The summed E-state index contributed by atoms with van der Waals surface area (Å²) in [6.45, 7) is 19.0. The van der Waals surface area contributed by atoms with Gasteiger partial charge in [0.05, 0.1) is 11.4 Å². The van der Waals surface area contributed by atoms with Crippen molar-refractivity contribution in [1.29, 1.82) is 0 Å². The Kier molecular flexibility index (Phi) is 17.1. The van der Waals surface area contributed by atoms with Crippen molar-refractivity contribution < 1.29 is 13.3 Å². The van der Waals surface area contributed by atoms with Crippen LogP contribution < -0.4 is 19.6 Å². The summed E-state index contributed by atoms with van der Waals surface area (Å²) in [5, 5.41) is 4.78. The Bertz CT molecular complexity index is 7090. The van der Waals surface area contributed by atoms with E-state index in [1.54, 1.807) is 0 Å². The summed E-state index contributed by atoms with van der Waals surface area (Å²) in [6, 6.07) is 140. The molecule has 596 valence electrons. The molecule has 0 aliphatic heterocycles. The topological polar surface area (TPSA) is 52.4 Å². The summed E-state index contributed by atoms with van der Waals surface area (Å²) in [5.74, 6) is 3.99. The molecule has 24 rings (SSSR count). The molecular formula is C116H88N4O3S. The highest BCUT2D eigenvalue weighted by Crippen LogP contribution is 2.65. The van der Waals surface area contributed by atoms with Crippen LogP contribution in [0.3, 0.4) is 0 Å². The van der Waals surface area contributed by atoms with Gasteiger partial charge in [0.25, 0.3) is 0 Å². The minimum Gasteiger partial charge on any atom is -0.456 e. The number of benzene rings is 16. The van der Waals surface area contributed by atoms with Crippen LogP contribution in [-0.2, 0) is 21.7 Å². The number of hydrogen-bond donors (Lipinski definition) is 0. The van der Waals surface area contributed by atoms with Gasteiger partial charge in [0, 0.05) is 165 Å². The molecule has 0 amide bonds. The van der Waals surface area contributed by atoms with Crippen molar-refractivity contribution in [2.24, 2.45) is 0 Å². The third-order valence-corrected chi connectivity index (χ3v) is 27.9. The van der Waals surface area contributed by atoms with Crippen LogP contribution >= 0.6 is 11.3 Å². The van der Waals surface area contributed by atoms with Crippen molar-refractivity contribution in [3.8, 4) is 67.5 Å². The lowest BCUT2D eigenvalue weighted by molar-refractivity contribution is 0.592. The molecule has 4 aromatic heterocycles. The average Bonchev–Trinajstić information content (AvgIpc) is 1.52. The van der Waals surface area contributed by atoms with Crippen LogP contribution in [0.2, 0.25) is 0 Å². The van der Waals surface area contributed by atoms with Crippen molar-refractivity contribution in [2.75, 3.05) is 19.6 Å². The fraction of sp³-hybridized carbons (Fsp3) is 0.103. The number of thiophene rings is 1. The molecule has 0 atom stereocenters. The van der Waals surface area contributed by atoms with Gasteiger partial charge in [-0.3, -0.25) is 0 Å². The van der Waals surface area contributed by atoms with Crippen molar-refractivity contribution in [2.45, 2.75) is 77.0 Å². The minimum absolute atomic E-state index is 0.293. The van der Waals surface area contributed by atoms with E-state index in [4.69, 9.17) is 13.3 Å². The predicted molar refractivity (Wildman–Crippen MR) is 517 cm³/mol. The summed E-state index contributed by atoms with van der Waals surface area (Å²) < 4.78 is 23.2. The van der Waals surface area contributed by atoms with E-state index in [-0.39, 0.29) is 21.7 Å². The Balaban J connectivity index is 0.000000143. The smallest absolute Gasteiger partial charge is 0.139 e. The molecule has 4 aliphatic rings. The van der Waals surface area contributed by atoms with Crippen LogP contribution in [0, 0.1) is 0 Å². The first-order valence-electron chi connectivity index (χ1n) is 43.0. The van der Waals surface area contributed by atoms with Crippen molar-refractivity contribution in [3.63, 3.8) is 0 Å². The number of anilines is 12. The van der Waals surface area contributed by atoms with E-state index >= 15 is 0 Å². The second-order valence-electron chi connectivity index (χ2n) is 35.4. The first kappa shape index (κ1) is 74.4. The largest absolute Gasteiger partial charge is 0.456 e. The molecule has 124 heavy (non-hydrogen) atoms. The monoisotopic (exact) mass is 1620 g/mol. The van der Waals surface area contributed by atoms with Gasteiger partial charge in [-0.2, -0.15) is 0 Å². The van der Waals surface area contributed by atoms with E-state index in [9.17, 15) is 0 Å². The predicted octanol–water partition coefficient (Wildman–Crippen LogP) is 33.3. The van der Waals surface area contributed by atoms with E-state index in [0.29, 0.717) is 0 Å². The fourth-order valence-electron chi connectivity index (χ4n) is 20.9. The molecule has 0 saturated carbocycles. The van der Waals surface area contributed by atoms with Gasteiger partial charge in [0.2, 0.25) is 0 Å². The maximum Gasteiger partial charge on any atom is 0.139 e. The third-order valence-electron chi connectivity index (χ3n) is 26.8. The molecular weight excluding hydrogens is 1530 g/mol. The molecule has 4 heterocycles. The SMILES string of the molecule is CC1(C)c2cc(N(c3ccccc3)c3ccccc3)ccc2-c2oc3c(c21)C(C)(C)c1cc(N(c2ccc4oc5ccccc5c4c2)c2ccccc2-c2ccccc2)ccc1-3.CC1(C)c2cc(N(c3ccccc3)c3ccccc3)ccc2-c2oc3c(c21)C(C)(C)c1cc(N(c2ccc4sc5ccccc5c4c2)c2ccccc2-c2ccccc2)ccc1-3. The lowest BCUT2D eigenvalue weighted by atomic mass is 9.74. The summed E-state index contributed by atoms with van der Waals surface area (Å²) >= 11 is 1.86. The van der Waals surface area contributed by atoms with E-state index in [2.05, 4.69) is 451 Å². The normalized spacial score (nSPS) is 14.1. The number of furan rings is 3. The Labute approximate surface area is 726 Å². The minimum atomic E-state index is -0.338. The van der Waals surface area contributed by atoms with Crippen LogP contribution in [0.5, 0.6) is 0 Å². The summed E-state index contributed by atoms with van der Waals surface area (Å²) in [4.78, 5) is 9.57. The van der Waals surface area contributed by atoms with Crippen LogP contribution in [0.25, 0.3) is 110 Å². The standard InChI is InChI=1S/C58H44N2O2.C58H44N2OS/c1-57(2)48-35-41(59(38-20-10-6-11-21-38)39-22-12-7-13-23-39)28-31-45(48)55-53(57)54-56(62-55)46-32-29-42(36-49(46)58(54,3)4)60(50-26-16-14-24-43(50)37-18-8-5-9-19-37)40-30-33-52-47(34-40)44-25-15-17-27-51(44)61-52;1-57(2)48-35-41(59(38-20-10-6-11-21-38)39-22-12-7-13-23-39)28-31-45(48)55-53(57)54-56(61-55)46-32-29-42(36-49(46)58(54,3)4)60(50-26-16-14-24-43(50)37-18-8-5-9-19-37)40-30-33-52-47(34-40)44-25-15-17-27-51(44)62-52/h2*5-36H,1-4H3. The first-order valence-corrected chi connectivity index (χ1v) is 43.8. The third kappa shape index (κ3) is 11.6. The van der Waals surface area contributed by atoms with Gasteiger partial charge >= 0.3 is 0 Å². The quantitative estimate of drug-likeness (QED) is 0.108. The van der Waals surface area contributed by atoms with Crippen LogP contribution in [-0.4, -0.2) is 0 Å². The number of para-hydroxylation sites is 7. The molecule has 0 fully saturated rings. The average molecular weight is 1620 g/mol. The van der Waals surface area contributed by atoms with Gasteiger partial charge in [-0.1, -0.05) is 262 Å². The van der Waals surface area contributed by atoms with Crippen molar-refractivity contribution in [3.05, 3.63) is 433 Å². The highest BCUT2D eigenvalue weighted by atomic mass is 32.1.